The molecule has 26 heavy (non-hydrogen) atoms. The molecule has 0 unspecified atom stereocenters. The van der Waals surface area contributed by atoms with Crippen LogP contribution in [0, 0.1) is 0 Å². The molecule has 2 aromatic carbocycles. The summed E-state index contributed by atoms with van der Waals surface area (Å²) in [5.41, 5.74) is 1.20. The first-order valence-corrected chi connectivity index (χ1v) is 10.9. The number of nitrogens with zero attached hydrogens (tertiary/aromatic N) is 1. The van der Waals surface area contributed by atoms with Crippen molar-refractivity contribution in [2.45, 2.75) is 11.3 Å². The van der Waals surface area contributed by atoms with Gasteiger partial charge in [0.1, 0.15) is 0 Å². The van der Waals surface area contributed by atoms with Gasteiger partial charge >= 0.3 is 0 Å². The maximum Gasteiger partial charge on any atom is 0.236 e. The first-order valence-electron chi connectivity index (χ1n) is 7.56. The fourth-order valence-electron chi connectivity index (χ4n) is 2.14. The van der Waals surface area contributed by atoms with Crippen LogP contribution in [0.3, 0.4) is 0 Å². The number of anilines is 1. The van der Waals surface area contributed by atoms with Gasteiger partial charge in [-0.25, -0.2) is 4.98 Å². The average Bonchev–Trinajstić information content (AvgIpc) is 3.03. The molecule has 1 aromatic heterocycles. The van der Waals surface area contributed by atoms with Gasteiger partial charge in [0.2, 0.25) is 5.91 Å². The molecular weight excluding hydrogens is 475 g/mol. The third kappa shape index (κ3) is 5.72. The minimum atomic E-state index is -0.120. The number of rotatable bonds is 6. The van der Waals surface area contributed by atoms with E-state index in [0.29, 0.717) is 15.2 Å². The predicted octanol–water partition coefficient (Wildman–Crippen LogP) is 6.53. The number of aromatic nitrogens is 1. The molecule has 0 radical (unpaired) electrons. The Bertz CT molecular complexity index is 916. The SMILES string of the molecule is O=C(CSc1ccc(Cl)cc1Cl)Nc1ncc(Cc2ccc(Br)cc2)s1. The lowest BCUT2D eigenvalue weighted by Gasteiger charge is -2.04. The Morgan fingerprint density at radius 3 is 2.69 bits per heavy atom. The standard InChI is InChI=1S/C18H13BrCl2N2OS2/c19-12-3-1-11(2-4-12)7-14-9-22-18(26-14)23-17(24)10-25-16-6-5-13(20)8-15(16)21/h1-6,8-9H,7,10H2,(H,22,23,24). The molecule has 0 bridgehead atoms. The number of benzene rings is 2. The molecule has 1 N–H and O–H groups in total. The van der Waals surface area contributed by atoms with E-state index in [1.165, 1.54) is 28.7 Å². The highest BCUT2D eigenvalue weighted by atomic mass is 79.9. The van der Waals surface area contributed by atoms with Crippen molar-refractivity contribution in [3.8, 4) is 0 Å². The van der Waals surface area contributed by atoms with Crippen molar-refractivity contribution < 1.29 is 4.79 Å². The minimum Gasteiger partial charge on any atom is -0.301 e. The summed E-state index contributed by atoms with van der Waals surface area (Å²) in [6, 6.07) is 13.4. The van der Waals surface area contributed by atoms with E-state index in [2.05, 4.69) is 38.4 Å². The molecule has 3 aromatic rings. The van der Waals surface area contributed by atoms with Gasteiger partial charge in [-0.2, -0.15) is 0 Å². The zero-order valence-electron chi connectivity index (χ0n) is 13.3. The van der Waals surface area contributed by atoms with E-state index in [1.54, 1.807) is 18.3 Å². The lowest BCUT2D eigenvalue weighted by molar-refractivity contribution is -0.113. The molecule has 0 spiro atoms. The van der Waals surface area contributed by atoms with Crippen LogP contribution < -0.4 is 5.32 Å². The summed E-state index contributed by atoms with van der Waals surface area (Å²) in [6.07, 6.45) is 2.58. The summed E-state index contributed by atoms with van der Waals surface area (Å²) in [7, 11) is 0. The summed E-state index contributed by atoms with van der Waals surface area (Å²) in [5.74, 6) is 0.133. The number of hydrogen-bond acceptors (Lipinski definition) is 4. The molecule has 1 amide bonds. The van der Waals surface area contributed by atoms with Crippen molar-refractivity contribution in [2.24, 2.45) is 0 Å². The quantitative estimate of drug-likeness (QED) is 0.401. The van der Waals surface area contributed by atoms with Crippen LogP contribution in [-0.2, 0) is 11.2 Å². The molecule has 3 nitrogen and oxygen atoms in total. The number of thiazole rings is 1. The summed E-state index contributed by atoms with van der Waals surface area (Å²) < 4.78 is 1.05. The van der Waals surface area contributed by atoms with Crippen LogP contribution in [0.4, 0.5) is 5.13 Å². The highest BCUT2D eigenvalue weighted by molar-refractivity contribution is 9.10. The van der Waals surface area contributed by atoms with E-state index in [4.69, 9.17) is 23.2 Å². The monoisotopic (exact) mass is 486 g/mol. The van der Waals surface area contributed by atoms with Crippen LogP contribution in [0.5, 0.6) is 0 Å². The Hall–Kier alpha value is -1.05. The van der Waals surface area contributed by atoms with Gasteiger partial charge in [0.25, 0.3) is 0 Å². The van der Waals surface area contributed by atoms with E-state index in [-0.39, 0.29) is 11.7 Å². The smallest absolute Gasteiger partial charge is 0.236 e. The van der Waals surface area contributed by atoms with Gasteiger partial charge in [0.05, 0.1) is 10.8 Å². The maximum absolute atomic E-state index is 12.1. The van der Waals surface area contributed by atoms with Crippen molar-refractivity contribution in [1.82, 2.24) is 4.98 Å². The number of carbonyl (C=O) groups excluding carboxylic acids is 1. The Morgan fingerprint density at radius 1 is 1.19 bits per heavy atom. The molecular formula is C18H13BrCl2N2OS2. The number of amides is 1. The van der Waals surface area contributed by atoms with Crippen LogP contribution in [0.2, 0.25) is 10.0 Å². The number of carbonyl (C=O) groups is 1. The normalized spacial score (nSPS) is 10.7. The van der Waals surface area contributed by atoms with E-state index in [9.17, 15) is 4.79 Å². The minimum absolute atomic E-state index is 0.120. The first kappa shape index (κ1) is 19.7. The van der Waals surface area contributed by atoms with Gasteiger partial charge in [0, 0.05) is 31.9 Å². The van der Waals surface area contributed by atoms with Crippen molar-refractivity contribution in [3.05, 3.63) is 73.6 Å². The number of hydrogen-bond donors (Lipinski definition) is 1. The number of nitrogens with one attached hydrogen (secondary N) is 1. The molecule has 0 saturated carbocycles. The van der Waals surface area contributed by atoms with E-state index < -0.39 is 0 Å². The highest BCUT2D eigenvalue weighted by Crippen LogP contribution is 2.30. The van der Waals surface area contributed by atoms with E-state index >= 15 is 0 Å². The van der Waals surface area contributed by atoms with Crippen LogP contribution in [-0.4, -0.2) is 16.6 Å². The summed E-state index contributed by atoms with van der Waals surface area (Å²) in [6.45, 7) is 0. The molecule has 8 heteroatoms. The van der Waals surface area contributed by atoms with Crippen molar-refractivity contribution >= 4 is 73.3 Å². The molecule has 0 fully saturated rings. The maximum atomic E-state index is 12.1. The van der Waals surface area contributed by atoms with Crippen LogP contribution in [0.25, 0.3) is 0 Å². The summed E-state index contributed by atoms with van der Waals surface area (Å²) >= 11 is 18.3. The summed E-state index contributed by atoms with van der Waals surface area (Å²) in [5, 5.41) is 4.55. The Morgan fingerprint density at radius 2 is 1.96 bits per heavy atom. The third-order valence-electron chi connectivity index (χ3n) is 3.34. The van der Waals surface area contributed by atoms with Crippen molar-refractivity contribution in [2.75, 3.05) is 11.1 Å². The number of halogens is 3. The molecule has 1 heterocycles. The Kier molecular flexibility index (Phi) is 7.00. The fraction of sp³-hybridized carbons (Fsp3) is 0.111. The highest BCUT2D eigenvalue weighted by Gasteiger charge is 2.10. The second-order valence-electron chi connectivity index (χ2n) is 5.35. The predicted molar refractivity (Wildman–Crippen MR) is 115 cm³/mol. The Labute approximate surface area is 178 Å². The van der Waals surface area contributed by atoms with Gasteiger partial charge in [0.15, 0.2) is 5.13 Å². The van der Waals surface area contributed by atoms with Crippen LogP contribution in [0.15, 0.2) is 58.0 Å². The van der Waals surface area contributed by atoms with E-state index in [0.717, 1.165) is 20.7 Å². The lowest BCUT2D eigenvalue weighted by atomic mass is 10.1. The Balaban J connectivity index is 1.53. The van der Waals surface area contributed by atoms with E-state index in [1.807, 2.05) is 18.2 Å². The van der Waals surface area contributed by atoms with Crippen molar-refractivity contribution in [1.29, 1.82) is 0 Å². The van der Waals surface area contributed by atoms with Crippen LogP contribution in [0.1, 0.15) is 10.4 Å². The van der Waals surface area contributed by atoms with Gasteiger partial charge in [-0.1, -0.05) is 51.3 Å². The molecule has 0 saturated heterocycles. The second-order valence-corrected chi connectivity index (χ2v) is 9.24. The zero-order chi connectivity index (χ0) is 18.5. The largest absolute Gasteiger partial charge is 0.301 e. The fourth-order valence-corrected chi connectivity index (χ4v) is 4.56. The zero-order valence-corrected chi connectivity index (χ0v) is 18.1. The molecule has 0 atom stereocenters. The average molecular weight is 488 g/mol. The second kappa shape index (κ2) is 9.24. The first-order chi connectivity index (χ1) is 12.5. The van der Waals surface area contributed by atoms with Gasteiger partial charge in [-0.15, -0.1) is 23.1 Å². The van der Waals surface area contributed by atoms with Crippen molar-refractivity contribution in [3.63, 3.8) is 0 Å². The van der Waals surface area contributed by atoms with Gasteiger partial charge in [-0.05, 0) is 35.9 Å². The van der Waals surface area contributed by atoms with Gasteiger partial charge in [-0.3, -0.25) is 4.79 Å². The van der Waals surface area contributed by atoms with Gasteiger partial charge < -0.3 is 5.32 Å². The molecule has 134 valence electrons. The topological polar surface area (TPSA) is 42.0 Å². The van der Waals surface area contributed by atoms with Crippen LogP contribution >= 0.6 is 62.2 Å². The molecule has 0 aliphatic carbocycles. The number of thioether (sulfide) groups is 1. The lowest BCUT2D eigenvalue weighted by Crippen LogP contribution is -2.13. The third-order valence-corrected chi connectivity index (χ3v) is 6.52. The summed E-state index contributed by atoms with van der Waals surface area (Å²) in [4.78, 5) is 18.3. The molecule has 3 rings (SSSR count). The molecule has 0 aliphatic heterocycles. The molecule has 0 aliphatic rings.